The predicted octanol–water partition coefficient (Wildman–Crippen LogP) is 4.82. The standard InChI is InChI=1S/C27H27F3N2O5S.CH4O/c1-15(2)38(36,37)19-7-8-22-20(12-19)24(26(34)35)21(14-32-10-9-23(33)16(3)13-32)25(31-22)17-5-4-6-18(11-17)27(28,29)30;1-2/h4-8,11-12,15-16H,9-10,13-14H2,1-3H3,(H,34,35);2H,1H3. The normalized spacial score (nSPS) is 16.6. The molecule has 12 heteroatoms. The van der Waals surface area contributed by atoms with Crippen molar-refractivity contribution >= 4 is 32.5 Å². The van der Waals surface area contributed by atoms with Crippen LogP contribution in [0.2, 0.25) is 0 Å². The summed E-state index contributed by atoms with van der Waals surface area (Å²) in [4.78, 5) is 31.1. The van der Waals surface area contributed by atoms with E-state index in [1.165, 1.54) is 44.2 Å². The SMILES string of the molecule is CC1CN(Cc2c(-c3cccc(C(F)(F)F)c3)nc3ccc(S(=O)(=O)C(C)C)cc3c2C(=O)O)CCC1=O.CO. The van der Waals surface area contributed by atoms with E-state index in [-0.39, 0.29) is 62.8 Å². The van der Waals surface area contributed by atoms with Crippen LogP contribution in [0.3, 0.4) is 0 Å². The zero-order chi connectivity index (χ0) is 30.0. The molecule has 2 aromatic carbocycles. The fraction of sp³-hybridized carbons (Fsp3) is 0.393. The van der Waals surface area contributed by atoms with E-state index in [4.69, 9.17) is 5.11 Å². The fourth-order valence-electron chi connectivity index (χ4n) is 4.67. The number of carboxylic acid groups (broad SMARTS) is 1. The quantitative estimate of drug-likeness (QED) is 0.425. The smallest absolute Gasteiger partial charge is 0.416 e. The van der Waals surface area contributed by atoms with E-state index in [1.54, 1.807) is 6.92 Å². The first-order chi connectivity index (χ1) is 18.7. The molecule has 4 rings (SSSR count). The first-order valence-electron chi connectivity index (χ1n) is 12.5. The van der Waals surface area contributed by atoms with Gasteiger partial charge in [-0.25, -0.2) is 18.2 Å². The summed E-state index contributed by atoms with van der Waals surface area (Å²) in [6, 6.07) is 8.46. The minimum absolute atomic E-state index is 0.00886. The molecule has 0 aliphatic carbocycles. The average Bonchev–Trinajstić information content (AvgIpc) is 2.90. The highest BCUT2D eigenvalue weighted by Gasteiger charge is 2.32. The summed E-state index contributed by atoms with van der Waals surface area (Å²) in [5.41, 5.74) is -0.694. The van der Waals surface area contributed by atoms with Gasteiger partial charge in [0.2, 0.25) is 0 Å². The lowest BCUT2D eigenvalue weighted by molar-refractivity contribution is -0.137. The molecule has 8 nitrogen and oxygen atoms in total. The van der Waals surface area contributed by atoms with Gasteiger partial charge in [0.05, 0.1) is 32.5 Å². The third-order valence-electron chi connectivity index (χ3n) is 6.82. The van der Waals surface area contributed by atoms with Gasteiger partial charge in [-0.2, -0.15) is 13.2 Å². The van der Waals surface area contributed by atoms with Crippen LogP contribution < -0.4 is 0 Å². The maximum atomic E-state index is 13.5. The van der Waals surface area contributed by atoms with Crippen LogP contribution in [0.15, 0.2) is 47.4 Å². The number of hydrogen-bond donors (Lipinski definition) is 2. The number of benzene rings is 2. The van der Waals surface area contributed by atoms with Crippen molar-refractivity contribution in [3.63, 3.8) is 0 Å². The number of carboxylic acids is 1. The average molecular weight is 581 g/mol. The zero-order valence-corrected chi connectivity index (χ0v) is 23.3. The number of aromatic nitrogens is 1. The van der Waals surface area contributed by atoms with Crippen molar-refractivity contribution in [2.24, 2.45) is 5.92 Å². The van der Waals surface area contributed by atoms with Gasteiger partial charge in [-0.05, 0) is 44.2 Å². The maximum absolute atomic E-state index is 13.5. The molecule has 2 N–H and O–H groups in total. The molecule has 1 aromatic heterocycles. The summed E-state index contributed by atoms with van der Waals surface area (Å²) in [6.45, 7) is 5.49. The number of alkyl halides is 3. The highest BCUT2D eigenvalue weighted by atomic mass is 32.2. The number of aliphatic hydroxyl groups is 1. The second-order valence-electron chi connectivity index (χ2n) is 9.82. The first-order valence-corrected chi connectivity index (χ1v) is 14.1. The third kappa shape index (κ3) is 6.34. The Kier molecular flexibility index (Phi) is 9.38. The number of piperidine rings is 1. The molecule has 0 saturated carbocycles. The van der Waals surface area contributed by atoms with Gasteiger partial charge in [0.15, 0.2) is 9.84 Å². The number of nitrogens with zero attached hydrogens (tertiary/aromatic N) is 2. The molecule has 0 radical (unpaired) electrons. The van der Waals surface area contributed by atoms with Crippen molar-refractivity contribution in [3.05, 3.63) is 59.2 Å². The van der Waals surface area contributed by atoms with Gasteiger partial charge in [-0.1, -0.05) is 19.1 Å². The van der Waals surface area contributed by atoms with Crippen LogP contribution in [0.25, 0.3) is 22.2 Å². The van der Waals surface area contributed by atoms with E-state index in [1.807, 2.05) is 4.90 Å². The number of rotatable bonds is 6. The number of pyridine rings is 1. The summed E-state index contributed by atoms with van der Waals surface area (Å²) < 4.78 is 66.2. The minimum atomic E-state index is -4.62. The van der Waals surface area contributed by atoms with Crippen molar-refractivity contribution in [2.75, 3.05) is 20.2 Å². The van der Waals surface area contributed by atoms with Crippen LogP contribution in [0.1, 0.15) is 48.7 Å². The summed E-state index contributed by atoms with van der Waals surface area (Å²) in [5, 5.41) is 16.6. The number of hydrogen-bond acceptors (Lipinski definition) is 7. The van der Waals surface area contributed by atoms with Crippen LogP contribution in [-0.2, 0) is 27.4 Å². The summed E-state index contributed by atoms with van der Waals surface area (Å²) in [5.74, 6) is -1.57. The van der Waals surface area contributed by atoms with Gasteiger partial charge in [0, 0.05) is 55.6 Å². The van der Waals surface area contributed by atoms with Gasteiger partial charge in [-0.15, -0.1) is 0 Å². The molecule has 1 unspecified atom stereocenters. The molecule has 40 heavy (non-hydrogen) atoms. The number of fused-ring (bicyclic) bond motifs is 1. The third-order valence-corrected chi connectivity index (χ3v) is 8.97. The molecule has 1 aliphatic rings. The number of Topliss-reactive ketones (excluding diaryl/α,β-unsaturated/α-hetero) is 1. The number of carbonyl (C=O) groups is 2. The largest absolute Gasteiger partial charge is 0.478 e. The van der Waals surface area contributed by atoms with E-state index >= 15 is 0 Å². The van der Waals surface area contributed by atoms with Gasteiger partial charge in [-0.3, -0.25) is 9.69 Å². The number of aliphatic hydroxyl groups excluding tert-OH is 1. The summed E-state index contributed by atoms with van der Waals surface area (Å²) in [6.07, 6.45) is -4.36. The maximum Gasteiger partial charge on any atom is 0.416 e. The summed E-state index contributed by atoms with van der Waals surface area (Å²) in [7, 11) is -2.74. The molecule has 216 valence electrons. The van der Waals surface area contributed by atoms with E-state index in [0.29, 0.717) is 13.1 Å². The second-order valence-corrected chi connectivity index (χ2v) is 12.3. The molecular weight excluding hydrogens is 549 g/mol. The molecule has 1 aliphatic heterocycles. The monoisotopic (exact) mass is 580 g/mol. The lowest BCUT2D eigenvalue weighted by Gasteiger charge is -2.31. The van der Waals surface area contributed by atoms with Crippen molar-refractivity contribution in [3.8, 4) is 11.3 Å². The molecule has 1 fully saturated rings. The van der Waals surface area contributed by atoms with E-state index in [9.17, 15) is 36.3 Å². The molecule has 3 aromatic rings. The van der Waals surface area contributed by atoms with E-state index in [2.05, 4.69) is 4.98 Å². The molecule has 0 amide bonds. The zero-order valence-electron chi connectivity index (χ0n) is 22.5. The number of sulfone groups is 1. The van der Waals surface area contributed by atoms with Gasteiger partial charge in [0.25, 0.3) is 0 Å². The minimum Gasteiger partial charge on any atom is -0.478 e. The van der Waals surface area contributed by atoms with Gasteiger partial charge < -0.3 is 10.2 Å². The Morgan fingerprint density at radius 1 is 1.15 bits per heavy atom. The lowest BCUT2D eigenvalue weighted by Crippen LogP contribution is -2.39. The summed E-state index contributed by atoms with van der Waals surface area (Å²) >= 11 is 0. The van der Waals surface area contributed by atoms with Crippen LogP contribution in [-0.4, -0.2) is 65.7 Å². The van der Waals surface area contributed by atoms with Crippen LogP contribution in [0.5, 0.6) is 0 Å². The van der Waals surface area contributed by atoms with Crippen LogP contribution >= 0.6 is 0 Å². The lowest BCUT2D eigenvalue weighted by atomic mass is 9.93. The number of aromatic carboxylic acids is 1. The number of halogens is 3. The molecule has 2 heterocycles. The van der Waals surface area contributed by atoms with Crippen molar-refractivity contribution in [1.82, 2.24) is 9.88 Å². The van der Waals surface area contributed by atoms with Gasteiger partial charge >= 0.3 is 12.1 Å². The Balaban J connectivity index is 0.00000216. The Labute approximate surface area is 230 Å². The fourth-order valence-corrected chi connectivity index (χ4v) is 5.76. The number of ketones is 1. The number of carbonyl (C=O) groups excluding carboxylic acids is 1. The van der Waals surface area contributed by atoms with Crippen molar-refractivity contribution in [1.29, 1.82) is 0 Å². The molecular formula is C28H31F3N2O6S. The van der Waals surface area contributed by atoms with Crippen molar-refractivity contribution in [2.45, 2.75) is 50.1 Å². The van der Waals surface area contributed by atoms with Crippen LogP contribution in [0.4, 0.5) is 13.2 Å². The Morgan fingerprint density at radius 2 is 1.82 bits per heavy atom. The van der Waals surface area contributed by atoms with Gasteiger partial charge in [0.1, 0.15) is 5.78 Å². The number of likely N-dealkylation sites (tertiary alicyclic amines) is 1. The molecule has 0 bridgehead atoms. The Morgan fingerprint density at radius 3 is 2.40 bits per heavy atom. The topological polar surface area (TPSA) is 125 Å². The highest BCUT2D eigenvalue weighted by Crippen LogP contribution is 2.36. The van der Waals surface area contributed by atoms with Crippen LogP contribution in [0, 0.1) is 5.92 Å². The molecule has 1 saturated heterocycles. The van der Waals surface area contributed by atoms with E-state index < -0.39 is 32.8 Å². The Hall–Kier alpha value is -3.35. The highest BCUT2D eigenvalue weighted by molar-refractivity contribution is 7.92. The second kappa shape index (κ2) is 12.0. The molecule has 0 spiro atoms. The van der Waals surface area contributed by atoms with Crippen molar-refractivity contribution < 1.29 is 41.4 Å². The first kappa shape index (κ1) is 31.2. The Bertz CT molecular complexity index is 1540. The predicted molar refractivity (Wildman–Crippen MR) is 144 cm³/mol. The van der Waals surface area contributed by atoms with E-state index in [0.717, 1.165) is 19.2 Å². The molecule has 1 atom stereocenters.